The van der Waals surface area contributed by atoms with Crippen LogP contribution in [0.1, 0.15) is 13.8 Å². The molecule has 0 fully saturated rings. The van der Waals surface area contributed by atoms with Gasteiger partial charge in [-0.3, -0.25) is 13.6 Å². The third-order valence-electron chi connectivity index (χ3n) is 1.66. The predicted molar refractivity (Wildman–Crippen MR) is 51.4 cm³/mol. The topological polar surface area (TPSA) is 61.8 Å². The molecule has 5 nitrogen and oxygen atoms in total. The van der Waals surface area contributed by atoms with Crippen molar-refractivity contribution in [3.05, 3.63) is 0 Å². The SMILES string of the molecule is CCP(=O)(CC)OP(=O)(OC)OC. The van der Waals surface area contributed by atoms with Crippen LogP contribution in [-0.2, 0) is 22.5 Å². The molecule has 0 aromatic heterocycles. The van der Waals surface area contributed by atoms with E-state index in [0.29, 0.717) is 12.3 Å². The van der Waals surface area contributed by atoms with Gasteiger partial charge in [-0.1, -0.05) is 13.8 Å². The lowest BCUT2D eigenvalue weighted by molar-refractivity contribution is 0.212. The second-order valence-electron chi connectivity index (χ2n) is 2.34. The van der Waals surface area contributed by atoms with Crippen LogP contribution < -0.4 is 0 Å². The van der Waals surface area contributed by atoms with Crippen molar-refractivity contribution in [2.45, 2.75) is 13.8 Å². The van der Waals surface area contributed by atoms with Gasteiger partial charge in [0.1, 0.15) is 0 Å². The zero-order valence-electron chi connectivity index (χ0n) is 8.35. The number of phosphoric acid groups is 1. The monoisotopic (exact) mass is 230 g/mol. The summed E-state index contributed by atoms with van der Waals surface area (Å²) in [7, 11) is -4.06. The molecular weight excluding hydrogens is 214 g/mol. The van der Waals surface area contributed by atoms with E-state index in [9.17, 15) is 9.13 Å². The van der Waals surface area contributed by atoms with Gasteiger partial charge in [0.05, 0.1) is 0 Å². The zero-order valence-corrected chi connectivity index (χ0v) is 10.1. The molecule has 0 saturated carbocycles. The van der Waals surface area contributed by atoms with Crippen molar-refractivity contribution in [2.75, 3.05) is 26.5 Å². The maximum absolute atomic E-state index is 11.7. The Labute approximate surface area is 78.8 Å². The highest BCUT2D eigenvalue weighted by atomic mass is 31.3. The molecule has 0 heterocycles. The van der Waals surface area contributed by atoms with E-state index in [2.05, 4.69) is 9.05 Å². The Morgan fingerprint density at radius 2 is 1.38 bits per heavy atom. The summed E-state index contributed by atoms with van der Waals surface area (Å²) in [6, 6.07) is 0. The molecule has 0 N–H and O–H groups in total. The van der Waals surface area contributed by atoms with Gasteiger partial charge in [-0.2, -0.15) is 0 Å². The fourth-order valence-electron chi connectivity index (χ4n) is 0.663. The minimum Gasteiger partial charge on any atom is -0.292 e. The molecule has 0 aromatic carbocycles. The zero-order chi connectivity index (χ0) is 10.5. The van der Waals surface area contributed by atoms with Crippen LogP contribution in [0.25, 0.3) is 0 Å². The van der Waals surface area contributed by atoms with Gasteiger partial charge in [0.2, 0.25) is 7.37 Å². The van der Waals surface area contributed by atoms with Crippen molar-refractivity contribution < 1.29 is 22.5 Å². The van der Waals surface area contributed by atoms with Gasteiger partial charge in [0.25, 0.3) is 0 Å². The summed E-state index contributed by atoms with van der Waals surface area (Å²) in [4.78, 5) is 0. The molecule has 0 saturated heterocycles. The molecule has 0 aliphatic carbocycles. The van der Waals surface area contributed by atoms with Crippen LogP contribution in [-0.4, -0.2) is 26.5 Å². The third kappa shape index (κ3) is 3.92. The first-order valence-electron chi connectivity index (χ1n) is 3.96. The second-order valence-corrected chi connectivity index (χ2v) is 7.51. The Kier molecular flexibility index (Phi) is 5.42. The van der Waals surface area contributed by atoms with Gasteiger partial charge in [-0.05, 0) is 0 Å². The van der Waals surface area contributed by atoms with E-state index in [1.807, 2.05) is 0 Å². The van der Waals surface area contributed by atoms with Crippen LogP contribution in [0.5, 0.6) is 0 Å². The third-order valence-corrected chi connectivity index (χ3v) is 6.47. The van der Waals surface area contributed by atoms with Gasteiger partial charge in [-0.25, -0.2) is 8.88 Å². The molecule has 0 amide bonds. The average molecular weight is 230 g/mol. The minimum absolute atomic E-state index is 0.320. The molecule has 0 aliphatic heterocycles. The quantitative estimate of drug-likeness (QED) is 0.656. The van der Waals surface area contributed by atoms with Crippen molar-refractivity contribution in [1.82, 2.24) is 0 Å². The van der Waals surface area contributed by atoms with Crippen LogP contribution >= 0.6 is 15.2 Å². The van der Waals surface area contributed by atoms with Gasteiger partial charge in [-0.15, -0.1) is 0 Å². The van der Waals surface area contributed by atoms with Crippen molar-refractivity contribution in [2.24, 2.45) is 0 Å². The first-order chi connectivity index (χ1) is 5.95. The van der Waals surface area contributed by atoms with Crippen molar-refractivity contribution >= 4 is 15.2 Å². The molecule has 0 aliphatic rings. The number of phosphoric ester groups is 1. The lowest BCUT2D eigenvalue weighted by atomic mass is 11.0. The molecule has 0 bridgehead atoms. The Bertz CT molecular complexity index is 199. The molecule has 80 valence electrons. The fraction of sp³-hybridized carbons (Fsp3) is 1.00. The van der Waals surface area contributed by atoms with E-state index in [4.69, 9.17) is 4.31 Å². The summed E-state index contributed by atoms with van der Waals surface area (Å²) < 4.78 is 37.1. The van der Waals surface area contributed by atoms with E-state index >= 15 is 0 Å². The minimum atomic E-state index is -3.60. The smallest absolute Gasteiger partial charge is 0.292 e. The van der Waals surface area contributed by atoms with Crippen molar-refractivity contribution in [3.8, 4) is 0 Å². The largest absolute Gasteiger partial charge is 0.479 e. The summed E-state index contributed by atoms with van der Waals surface area (Å²) in [6.07, 6.45) is 0.639. The highest BCUT2D eigenvalue weighted by molar-refractivity contribution is 7.68. The standard InChI is InChI=1S/C6H16O5P2/c1-5-12(7,6-2)11-13(8,9-3)10-4/h5-6H2,1-4H3. The summed E-state index contributed by atoms with van der Waals surface area (Å²) in [5.74, 6) is 0. The maximum atomic E-state index is 11.7. The van der Waals surface area contributed by atoms with E-state index in [1.165, 1.54) is 14.2 Å². The Morgan fingerprint density at radius 3 is 1.62 bits per heavy atom. The van der Waals surface area contributed by atoms with Gasteiger partial charge < -0.3 is 0 Å². The van der Waals surface area contributed by atoms with Gasteiger partial charge in [0.15, 0.2) is 0 Å². The van der Waals surface area contributed by atoms with E-state index in [1.54, 1.807) is 13.8 Å². The van der Waals surface area contributed by atoms with E-state index in [0.717, 1.165) is 0 Å². The summed E-state index contributed by atoms with van der Waals surface area (Å²) in [5.41, 5.74) is 0. The molecule has 0 spiro atoms. The van der Waals surface area contributed by atoms with Crippen LogP contribution in [0.4, 0.5) is 0 Å². The molecule has 13 heavy (non-hydrogen) atoms. The normalized spacial score (nSPS) is 13.2. The number of hydrogen-bond donors (Lipinski definition) is 0. The van der Waals surface area contributed by atoms with Crippen LogP contribution in [0.15, 0.2) is 0 Å². The van der Waals surface area contributed by atoms with Crippen LogP contribution in [0, 0.1) is 0 Å². The molecule has 0 rings (SSSR count). The first-order valence-corrected chi connectivity index (χ1v) is 7.41. The molecular formula is C6H16O5P2. The highest BCUT2D eigenvalue weighted by Gasteiger charge is 2.33. The molecule has 0 atom stereocenters. The number of hydrogen-bond acceptors (Lipinski definition) is 5. The second kappa shape index (κ2) is 5.28. The Morgan fingerprint density at radius 1 is 1.00 bits per heavy atom. The molecule has 0 unspecified atom stereocenters. The van der Waals surface area contributed by atoms with Crippen molar-refractivity contribution in [3.63, 3.8) is 0 Å². The van der Waals surface area contributed by atoms with Gasteiger partial charge >= 0.3 is 7.82 Å². The fourth-order valence-corrected chi connectivity index (χ4v) is 4.17. The van der Waals surface area contributed by atoms with E-state index < -0.39 is 15.2 Å². The lowest BCUT2D eigenvalue weighted by Gasteiger charge is -2.19. The van der Waals surface area contributed by atoms with Gasteiger partial charge in [0, 0.05) is 26.5 Å². The Hall–Kier alpha value is 0.340. The van der Waals surface area contributed by atoms with Crippen LogP contribution in [0.2, 0.25) is 0 Å². The predicted octanol–water partition coefficient (Wildman–Crippen LogP) is 2.72. The molecule has 0 radical (unpaired) electrons. The lowest BCUT2D eigenvalue weighted by Crippen LogP contribution is -1.97. The average Bonchev–Trinajstić information content (AvgIpc) is 2.17. The summed E-state index contributed by atoms with van der Waals surface area (Å²) in [6.45, 7) is 3.42. The summed E-state index contributed by atoms with van der Waals surface area (Å²) in [5, 5.41) is 0. The summed E-state index contributed by atoms with van der Waals surface area (Å²) >= 11 is 0. The Balaban J connectivity index is 4.57. The molecule has 7 heteroatoms. The highest BCUT2D eigenvalue weighted by Crippen LogP contribution is 2.63. The maximum Gasteiger partial charge on any atom is 0.479 e. The van der Waals surface area contributed by atoms with Crippen molar-refractivity contribution in [1.29, 1.82) is 0 Å². The number of rotatable bonds is 6. The van der Waals surface area contributed by atoms with E-state index in [-0.39, 0.29) is 0 Å². The molecule has 0 aromatic rings. The first kappa shape index (κ1) is 13.3. The van der Waals surface area contributed by atoms with Crippen LogP contribution in [0.3, 0.4) is 0 Å².